The molecule has 1 atom stereocenters. The van der Waals surface area contributed by atoms with Crippen molar-refractivity contribution >= 4 is 17.2 Å². The highest BCUT2D eigenvalue weighted by molar-refractivity contribution is 7.10. The van der Waals surface area contributed by atoms with E-state index < -0.39 is 0 Å². The van der Waals surface area contributed by atoms with Gasteiger partial charge in [0.25, 0.3) is 0 Å². The topological polar surface area (TPSA) is 53.1 Å². The summed E-state index contributed by atoms with van der Waals surface area (Å²) >= 11 is 1.81. The number of rotatable bonds is 3. The van der Waals surface area contributed by atoms with Crippen LogP contribution in [0.25, 0.3) is 0 Å². The van der Waals surface area contributed by atoms with Crippen LogP contribution < -0.4 is 5.73 Å². The van der Waals surface area contributed by atoms with Crippen molar-refractivity contribution in [3.63, 3.8) is 0 Å². The summed E-state index contributed by atoms with van der Waals surface area (Å²) in [4.78, 5) is 3.74. The first-order valence-electron chi connectivity index (χ1n) is 6.99. The maximum absolute atomic E-state index is 14.2. The Hall–Kier alpha value is -1.72. The highest BCUT2D eigenvalue weighted by atomic mass is 32.1. The second-order valence-electron chi connectivity index (χ2n) is 5.42. The lowest BCUT2D eigenvalue weighted by Gasteiger charge is -2.33. The van der Waals surface area contributed by atoms with Gasteiger partial charge in [0.2, 0.25) is 0 Å². The molecule has 3 N–H and O–H groups in total. The number of halogens is 1. The van der Waals surface area contributed by atoms with E-state index in [1.165, 1.54) is 16.5 Å². The van der Waals surface area contributed by atoms with Gasteiger partial charge < -0.3 is 5.73 Å². The standard InChI is InChI=1S/C16H18FN3S/c1-10-13-5-7-21-15(13)4-6-20(10)9-12-3-2-11(16(18)19)8-14(12)17/h2-3,5,7-8,10H,4,6,9H2,1H3,(H3,18,19). The fourth-order valence-electron chi connectivity index (χ4n) is 2.84. The second kappa shape index (κ2) is 5.58. The van der Waals surface area contributed by atoms with Gasteiger partial charge in [-0.3, -0.25) is 10.3 Å². The van der Waals surface area contributed by atoms with Crippen LogP contribution >= 0.6 is 11.3 Å². The number of thiophene rings is 1. The molecule has 0 spiro atoms. The molecule has 5 heteroatoms. The van der Waals surface area contributed by atoms with E-state index in [1.54, 1.807) is 12.1 Å². The number of nitrogens with zero attached hydrogens (tertiary/aromatic N) is 1. The van der Waals surface area contributed by atoms with E-state index in [-0.39, 0.29) is 11.7 Å². The highest BCUT2D eigenvalue weighted by Gasteiger charge is 2.25. The molecule has 110 valence electrons. The van der Waals surface area contributed by atoms with E-state index in [4.69, 9.17) is 11.1 Å². The van der Waals surface area contributed by atoms with Crippen LogP contribution in [0.15, 0.2) is 29.6 Å². The van der Waals surface area contributed by atoms with Crippen LogP contribution in [-0.2, 0) is 13.0 Å². The molecule has 1 aliphatic rings. The fourth-order valence-corrected chi connectivity index (χ4v) is 3.80. The smallest absolute Gasteiger partial charge is 0.128 e. The Morgan fingerprint density at radius 1 is 1.48 bits per heavy atom. The number of nitrogens with two attached hydrogens (primary N) is 1. The molecule has 1 aliphatic heterocycles. The van der Waals surface area contributed by atoms with E-state index in [1.807, 2.05) is 11.3 Å². The first-order chi connectivity index (χ1) is 10.1. The maximum Gasteiger partial charge on any atom is 0.128 e. The van der Waals surface area contributed by atoms with Gasteiger partial charge >= 0.3 is 0 Å². The quantitative estimate of drug-likeness (QED) is 0.675. The molecule has 0 aliphatic carbocycles. The molecule has 1 unspecified atom stereocenters. The lowest BCUT2D eigenvalue weighted by atomic mass is 10.0. The minimum Gasteiger partial charge on any atom is -0.384 e. The van der Waals surface area contributed by atoms with Gasteiger partial charge in [-0.25, -0.2) is 4.39 Å². The average Bonchev–Trinajstić information content (AvgIpc) is 2.93. The van der Waals surface area contributed by atoms with E-state index in [0.29, 0.717) is 23.7 Å². The first kappa shape index (κ1) is 14.2. The Morgan fingerprint density at radius 3 is 3.00 bits per heavy atom. The molecule has 1 aromatic carbocycles. The van der Waals surface area contributed by atoms with Crippen molar-refractivity contribution in [3.8, 4) is 0 Å². The summed E-state index contributed by atoms with van der Waals surface area (Å²) in [6.07, 6.45) is 1.03. The predicted molar refractivity (Wildman–Crippen MR) is 84.3 cm³/mol. The normalized spacial score (nSPS) is 18.5. The lowest BCUT2D eigenvalue weighted by molar-refractivity contribution is 0.189. The van der Waals surface area contributed by atoms with Crippen molar-refractivity contribution in [2.75, 3.05) is 6.54 Å². The summed E-state index contributed by atoms with van der Waals surface area (Å²) < 4.78 is 14.2. The Balaban J connectivity index is 1.80. The summed E-state index contributed by atoms with van der Waals surface area (Å²) in [5.74, 6) is -0.388. The summed E-state index contributed by atoms with van der Waals surface area (Å²) in [6.45, 7) is 3.70. The van der Waals surface area contributed by atoms with Crippen molar-refractivity contribution < 1.29 is 4.39 Å². The maximum atomic E-state index is 14.2. The van der Waals surface area contributed by atoms with Gasteiger partial charge in [-0.2, -0.15) is 0 Å². The third kappa shape index (κ3) is 2.71. The van der Waals surface area contributed by atoms with Crippen LogP contribution in [0.1, 0.15) is 34.5 Å². The first-order valence-corrected chi connectivity index (χ1v) is 7.87. The van der Waals surface area contributed by atoms with Gasteiger partial charge in [-0.1, -0.05) is 12.1 Å². The fraction of sp³-hybridized carbons (Fsp3) is 0.312. The molecule has 1 aromatic heterocycles. The summed E-state index contributed by atoms with van der Waals surface area (Å²) in [6, 6.07) is 7.29. The van der Waals surface area contributed by atoms with Crippen LogP contribution in [-0.4, -0.2) is 17.3 Å². The molecule has 0 amide bonds. The molecule has 0 bridgehead atoms. The van der Waals surface area contributed by atoms with Crippen LogP contribution in [0, 0.1) is 11.2 Å². The zero-order valence-electron chi connectivity index (χ0n) is 11.9. The molecule has 3 nitrogen and oxygen atoms in total. The van der Waals surface area contributed by atoms with Crippen LogP contribution in [0.3, 0.4) is 0 Å². The number of nitrogens with one attached hydrogen (secondary N) is 1. The third-order valence-electron chi connectivity index (χ3n) is 4.14. The third-order valence-corrected chi connectivity index (χ3v) is 5.14. The minimum atomic E-state index is -0.286. The molecule has 0 saturated carbocycles. The lowest BCUT2D eigenvalue weighted by Crippen LogP contribution is -2.33. The molecule has 0 saturated heterocycles. The Morgan fingerprint density at radius 2 is 2.29 bits per heavy atom. The zero-order valence-corrected chi connectivity index (χ0v) is 12.7. The van der Waals surface area contributed by atoms with Gasteiger partial charge in [0.1, 0.15) is 11.7 Å². The van der Waals surface area contributed by atoms with Crippen molar-refractivity contribution in [2.24, 2.45) is 5.73 Å². The number of nitrogen functional groups attached to an aromatic ring is 1. The summed E-state index contributed by atoms with van der Waals surface area (Å²) in [7, 11) is 0. The predicted octanol–water partition coefficient (Wildman–Crippen LogP) is 3.29. The SMILES string of the molecule is CC1c2ccsc2CCN1Cc1ccc(C(=N)N)cc1F. The van der Waals surface area contributed by atoms with Gasteiger partial charge in [0, 0.05) is 35.1 Å². The largest absolute Gasteiger partial charge is 0.384 e. The molecule has 21 heavy (non-hydrogen) atoms. The van der Waals surface area contributed by atoms with Crippen molar-refractivity contribution in [1.29, 1.82) is 5.41 Å². The Kier molecular flexibility index (Phi) is 3.78. The van der Waals surface area contributed by atoms with Gasteiger partial charge in [0.15, 0.2) is 0 Å². The number of benzene rings is 1. The highest BCUT2D eigenvalue weighted by Crippen LogP contribution is 2.33. The minimum absolute atomic E-state index is 0.102. The van der Waals surface area contributed by atoms with E-state index in [9.17, 15) is 4.39 Å². The molecule has 2 heterocycles. The van der Waals surface area contributed by atoms with Gasteiger partial charge in [-0.15, -0.1) is 11.3 Å². The van der Waals surface area contributed by atoms with Crippen molar-refractivity contribution in [2.45, 2.75) is 25.9 Å². The van der Waals surface area contributed by atoms with Gasteiger partial charge in [-0.05, 0) is 36.4 Å². The Bertz CT molecular complexity index is 680. The molecule has 2 aromatic rings. The number of amidine groups is 1. The number of hydrogen-bond acceptors (Lipinski definition) is 3. The molecular formula is C16H18FN3S. The Labute approximate surface area is 127 Å². The van der Waals surface area contributed by atoms with Crippen LogP contribution in [0.4, 0.5) is 4.39 Å². The van der Waals surface area contributed by atoms with Crippen molar-refractivity contribution in [1.82, 2.24) is 4.90 Å². The molecular weight excluding hydrogens is 285 g/mol. The van der Waals surface area contributed by atoms with Crippen molar-refractivity contribution in [3.05, 3.63) is 57.0 Å². The van der Waals surface area contributed by atoms with Crippen LogP contribution in [0.5, 0.6) is 0 Å². The monoisotopic (exact) mass is 303 g/mol. The molecule has 3 rings (SSSR count). The number of hydrogen-bond donors (Lipinski definition) is 2. The zero-order chi connectivity index (χ0) is 15.0. The average molecular weight is 303 g/mol. The second-order valence-corrected chi connectivity index (χ2v) is 6.42. The summed E-state index contributed by atoms with van der Waals surface area (Å²) in [5.41, 5.74) is 7.85. The number of fused-ring (bicyclic) bond motifs is 1. The molecule has 0 radical (unpaired) electrons. The van der Waals surface area contributed by atoms with E-state index in [2.05, 4.69) is 23.3 Å². The summed E-state index contributed by atoms with van der Waals surface area (Å²) in [5, 5.41) is 9.48. The molecule has 0 fully saturated rings. The van der Waals surface area contributed by atoms with E-state index in [0.717, 1.165) is 13.0 Å². The van der Waals surface area contributed by atoms with Crippen LogP contribution in [0.2, 0.25) is 0 Å². The van der Waals surface area contributed by atoms with Gasteiger partial charge in [0.05, 0.1) is 0 Å². The van der Waals surface area contributed by atoms with E-state index >= 15 is 0 Å².